The summed E-state index contributed by atoms with van der Waals surface area (Å²) in [5.41, 5.74) is 0.672. The fourth-order valence-corrected chi connectivity index (χ4v) is 10.1. The Labute approximate surface area is 251 Å². The average Bonchev–Trinajstić information content (AvgIpc) is 3.51. The minimum absolute atomic E-state index is 0.0112. The van der Waals surface area contributed by atoms with Gasteiger partial charge in [-0.25, -0.2) is 0 Å². The van der Waals surface area contributed by atoms with Gasteiger partial charge >= 0.3 is 0 Å². The topological polar surface area (TPSA) is 70.1 Å². The lowest BCUT2D eigenvalue weighted by Gasteiger charge is -2.31. The van der Waals surface area contributed by atoms with E-state index in [4.69, 9.17) is 4.74 Å². The number of halogens is 3. The van der Waals surface area contributed by atoms with Crippen molar-refractivity contribution in [2.24, 2.45) is 5.92 Å². The van der Waals surface area contributed by atoms with Crippen LogP contribution in [-0.4, -0.2) is 55.5 Å². The van der Waals surface area contributed by atoms with Crippen molar-refractivity contribution in [1.82, 2.24) is 4.90 Å². The standard InChI is InChI=1S/C28H33FI2N2O4Si/c1-17-26(38(2,3)29)24(14-25(35)32-12-4-5-21(32)16-34)37-28(17)22-13-20(31)10-11-23(22)33(27(28)36)15-18-6-8-19(30)9-7-18/h6-11,13,17,21,24,26,34H,4-5,12,14-16H2,1-3H3/t17-,21-,24+,26-,28+/m0/s1. The molecule has 0 unspecified atom stereocenters. The molecule has 204 valence electrons. The zero-order valence-electron chi connectivity index (χ0n) is 21.8. The summed E-state index contributed by atoms with van der Waals surface area (Å²) in [4.78, 5) is 31.3. The van der Waals surface area contributed by atoms with E-state index in [9.17, 15) is 14.7 Å². The Morgan fingerprint density at radius 1 is 1.18 bits per heavy atom. The minimum Gasteiger partial charge on any atom is -0.394 e. The number of fused-ring (bicyclic) bond motifs is 2. The number of aliphatic hydroxyl groups is 1. The Morgan fingerprint density at radius 2 is 1.87 bits per heavy atom. The molecule has 2 aromatic rings. The van der Waals surface area contributed by atoms with Gasteiger partial charge in [0.05, 0.1) is 37.4 Å². The highest BCUT2D eigenvalue weighted by atomic mass is 127. The smallest absolute Gasteiger partial charge is 0.264 e. The van der Waals surface area contributed by atoms with Crippen LogP contribution >= 0.6 is 45.2 Å². The fraction of sp³-hybridized carbons (Fsp3) is 0.500. The Hall–Kier alpha value is -1.09. The first-order valence-electron chi connectivity index (χ1n) is 13.1. The summed E-state index contributed by atoms with van der Waals surface area (Å²) < 4.78 is 24.8. The molecule has 38 heavy (non-hydrogen) atoms. The van der Waals surface area contributed by atoms with Gasteiger partial charge in [0.1, 0.15) is 0 Å². The van der Waals surface area contributed by atoms with E-state index in [0.29, 0.717) is 13.1 Å². The minimum atomic E-state index is -3.36. The summed E-state index contributed by atoms with van der Waals surface area (Å²) in [5, 5.41) is 9.74. The molecule has 0 aromatic heterocycles. The molecule has 1 N–H and O–H groups in total. The Balaban J connectivity index is 1.53. The third kappa shape index (κ3) is 4.86. The van der Waals surface area contributed by atoms with Crippen LogP contribution < -0.4 is 4.90 Å². The van der Waals surface area contributed by atoms with Crippen LogP contribution in [0.25, 0.3) is 0 Å². The number of carbonyl (C=O) groups is 2. The van der Waals surface area contributed by atoms with Gasteiger partial charge in [-0.1, -0.05) is 19.1 Å². The summed E-state index contributed by atoms with van der Waals surface area (Å²) in [7, 11) is -3.36. The monoisotopic (exact) mass is 762 g/mol. The van der Waals surface area contributed by atoms with Crippen molar-refractivity contribution in [1.29, 1.82) is 0 Å². The molecule has 2 aromatic carbocycles. The summed E-state index contributed by atoms with van der Waals surface area (Å²) >= 11 is 4.49. The molecule has 2 fully saturated rings. The van der Waals surface area contributed by atoms with Crippen LogP contribution in [0.5, 0.6) is 0 Å². The van der Waals surface area contributed by atoms with Gasteiger partial charge in [0.15, 0.2) is 5.60 Å². The number of carbonyl (C=O) groups excluding carboxylic acids is 2. The molecule has 3 aliphatic heterocycles. The van der Waals surface area contributed by atoms with Gasteiger partial charge in [-0.3, -0.25) is 9.59 Å². The lowest BCUT2D eigenvalue weighted by atomic mass is 9.82. The van der Waals surface area contributed by atoms with E-state index in [2.05, 4.69) is 45.2 Å². The lowest BCUT2D eigenvalue weighted by Crippen LogP contribution is -2.45. The van der Waals surface area contributed by atoms with Crippen LogP contribution in [0.3, 0.4) is 0 Å². The van der Waals surface area contributed by atoms with E-state index in [1.807, 2.05) is 49.4 Å². The molecule has 0 saturated carbocycles. The van der Waals surface area contributed by atoms with Crippen molar-refractivity contribution in [3.05, 3.63) is 60.7 Å². The normalized spacial score (nSPS) is 29.0. The summed E-state index contributed by atoms with van der Waals surface area (Å²) in [5.74, 6) is -0.762. The molecule has 10 heteroatoms. The molecular weight excluding hydrogens is 729 g/mol. The van der Waals surface area contributed by atoms with Crippen LogP contribution in [-0.2, 0) is 26.5 Å². The second kappa shape index (κ2) is 10.7. The zero-order chi connectivity index (χ0) is 27.4. The van der Waals surface area contributed by atoms with Crippen LogP contribution in [0.2, 0.25) is 18.6 Å². The van der Waals surface area contributed by atoms with E-state index in [-0.39, 0.29) is 30.9 Å². The van der Waals surface area contributed by atoms with E-state index >= 15 is 4.11 Å². The molecule has 3 heterocycles. The molecular formula is C28H33FI2N2O4Si. The number of likely N-dealkylation sites (tertiary alicyclic amines) is 1. The van der Waals surface area contributed by atoms with Gasteiger partial charge in [-0.05, 0) is 107 Å². The molecule has 6 nitrogen and oxygen atoms in total. The van der Waals surface area contributed by atoms with E-state index in [1.165, 1.54) is 0 Å². The maximum atomic E-state index is 16.0. The average molecular weight is 762 g/mol. The molecule has 5 atom stereocenters. The third-order valence-corrected chi connectivity index (χ3v) is 12.3. The third-order valence-electron chi connectivity index (χ3n) is 8.46. The Morgan fingerprint density at radius 3 is 2.53 bits per heavy atom. The maximum absolute atomic E-state index is 16.0. The van der Waals surface area contributed by atoms with Crippen molar-refractivity contribution >= 4 is 71.1 Å². The van der Waals surface area contributed by atoms with Gasteiger partial charge in [0.2, 0.25) is 14.3 Å². The van der Waals surface area contributed by atoms with Gasteiger partial charge in [0, 0.05) is 30.7 Å². The largest absolute Gasteiger partial charge is 0.394 e. The van der Waals surface area contributed by atoms with Gasteiger partial charge in [-0.2, -0.15) is 0 Å². The van der Waals surface area contributed by atoms with Gasteiger partial charge in [0.25, 0.3) is 5.91 Å². The van der Waals surface area contributed by atoms with Crippen LogP contribution in [0.1, 0.15) is 37.3 Å². The fourth-order valence-electron chi connectivity index (χ4n) is 6.79. The number of rotatable bonds is 6. The van der Waals surface area contributed by atoms with E-state index < -0.39 is 31.6 Å². The first-order chi connectivity index (χ1) is 18.0. The highest BCUT2D eigenvalue weighted by molar-refractivity contribution is 14.1. The predicted molar refractivity (Wildman–Crippen MR) is 164 cm³/mol. The first kappa shape index (κ1) is 28.4. The van der Waals surface area contributed by atoms with Crippen LogP contribution in [0.4, 0.5) is 9.80 Å². The number of anilines is 1. The molecule has 0 bridgehead atoms. The number of hydrogen-bond acceptors (Lipinski definition) is 4. The van der Waals surface area contributed by atoms with Crippen molar-refractivity contribution in [2.75, 3.05) is 18.1 Å². The lowest BCUT2D eigenvalue weighted by molar-refractivity contribution is -0.150. The molecule has 1 spiro atoms. The van der Waals surface area contributed by atoms with Crippen molar-refractivity contribution < 1.29 is 23.5 Å². The molecule has 5 rings (SSSR count). The SMILES string of the molecule is C[C@H]1[C@H]([Si](C)(C)F)[C@@H](CC(=O)N2CCC[C@H]2CO)O[C@]12C(=O)N(Cc1ccc(I)cc1)c1ccc(I)cc12. The molecule has 0 radical (unpaired) electrons. The number of benzene rings is 2. The van der Waals surface area contributed by atoms with Gasteiger partial charge < -0.3 is 23.8 Å². The molecule has 2 saturated heterocycles. The number of nitrogens with zero attached hydrogens (tertiary/aromatic N) is 2. The molecule has 3 aliphatic rings. The van der Waals surface area contributed by atoms with Crippen LogP contribution in [0.15, 0.2) is 42.5 Å². The summed E-state index contributed by atoms with van der Waals surface area (Å²) in [6.07, 6.45) is 0.903. The van der Waals surface area contributed by atoms with E-state index in [1.54, 1.807) is 22.9 Å². The number of amides is 2. The Bertz CT molecular complexity index is 1240. The first-order valence-corrected chi connectivity index (χ1v) is 18.2. The van der Waals surface area contributed by atoms with Crippen LogP contribution in [0, 0.1) is 13.1 Å². The summed E-state index contributed by atoms with van der Waals surface area (Å²) in [6, 6.07) is 13.8. The highest BCUT2D eigenvalue weighted by Gasteiger charge is 2.67. The van der Waals surface area contributed by atoms with Crippen molar-refractivity contribution in [3.8, 4) is 0 Å². The zero-order valence-corrected chi connectivity index (χ0v) is 27.1. The summed E-state index contributed by atoms with van der Waals surface area (Å²) in [6.45, 7) is 6.12. The predicted octanol–water partition coefficient (Wildman–Crippen LogP) is 5.59. The van der Waals surface area contributed by atoms with Gasteiger partial charge in [-0.15, -0.1) is 0 Å². The molecule has 2 amide bonds. The Kier molecular flexibility index (Phi) is 8.02. The number of aliphatic hydroxyl groups excluding tert-OH is 1. The second-order valence-electron chi connectivity index (χ2n) is 11.2. The number of ether oxygens (including phenoxy) is 1. The molecule has 0 aliphatic carbocycles. The number of hydrogen-bond donors (Lipinski definition) is 1. The van der Waals surface area contributed by atoms with Crippen molar-refractivity contribution in [2.45, 2.75) is 69.1 Å². The van der Waals surface area contributed by atoms with E-state index in [0.717, 1.165) is 36.8 Å². The maximum Gasteiger partial charge on any atom is 0.264 e. The van der Waals surface area contributed by atoms with Crippen molar-refractivity contribution in [3.63, 3.8) is 0 Å². The second-order valence-corrected chi connectivity index (χ2v) is 17.5. The highest BCUT2D eigenvalue weighted by Crippen LogP contribution is 2.60. The quantitative estimate of drug-likeness (QED) is 0.237.